The van der Waals surface area contributed by atoms with Crippen LogP contribution >= 0.6 is 0 Å². The van der Waals surface area contributed by atoms with Gasteiger partial charge >= 0.3 is 5.97 Å². The number of carbonyl (C=O) groups is 2. The second-order valence-corrected chi connectivity index (χ2v) is 7.96. The van der Waals surface area contributed by atoms with Crippen molar-refractivity contribution in [3.05, 3.63) is 41.7 Å². The molecule has 6 nitrogen and oxygen atoms in total. The highest BCUT2D eigenvalue weighted by atomic mass is 32.2. The monoisotopic (exact) mass is 369 g/mol. The molecule has 1 fully saturated rings. The quantitative estimate of drug-likeness (QED) is 0.560. The van der Waals surface area contributed by atoms with Gasteiger partial charge in [0.1, 0.15) is 5.82 Å². The van der Waals surface area contributed by atoms with E-state index >= 15 is 0 Å². The molecule has 0 N–H and O–H groups in total. The molecule has 0 radical (unpaired) electrons. The summed E-state index contributed by atoms with van der Waals surface area (Å²) >= 11 is 0. The smallest absolute Gasteiger partial charge is 0.331 e. The third-order valence-corrected chi connectivity index (χ3v) is 5.68. The number of esters is 1. The molecule has 1 aromatic carbocycles. The first kappa shape index (κ1) is 19.1. The SMILES string of the molecule is CCN(C(=O)COC(=O)/C=C/c1ccc(F)cc1)[C@H]1CCS(=O)(=O)C1. The Hall–Kier alpha value is -2.22. The molecule has 1 amide bonds. The Balaban J connectivity index is 1.85. The normalized spacial score (nSPS) is 19.0. The minimum Gasteiger partial charge on any atom is -0.452 e. The number of benzene rings is 1. The lowest BCUT2D eigenvalue weighted by Crippen LogP contribution is -2.43. The average Bonchev–Trinajstić information content (AvgIpc) is 2.92. The highest BCUT2D eigenvalue weighted by molar-refractivity contribution is 7.91. The molecule has 0 aliphatic carbocycles. The molecule has 1 aromatic rings. The third-order valence-electron chi connectivity index (χ3n) is 3.93. The van der Waals surface area contributed by atoms with Crippen molar-refractivity contribution in [2.45, 2.75) is 19.4 Å². The maximum absolute atomic E-state index is 12.8. The first-order valence-electron chi connectivity index (χ1n) is 7.91. The van der Waals surface area contributed by atoms with Gasteiger partial charge in [-0.05, 0) is 37.1 Å². The van der Waals surface area contributed by atoms with Crippen LogP contribution in [0.25, 0.3) is 6.08 Å². The van der Waals surface area contributed by atoms with Crippen molar-refractivity contribution in [1.82, 2.24) is 4.90 Å². The number of nitrogens with zero attached hydrogens (tertiary/aromatic N) is 1. The molecule has 136 valence electrons. The number of carbonyl (C=O) groups excluding carboxylic acids is 2. The Morgan fingerprint density at radius 3 is 2.56 bits per heavy atom. The molecule has 1 aliphatic heterocycles. The summed E-state index contributed by atoms with van der Waals surface area (Å²) < 4.78 is 40.8. The zero-order valence-electron chi connectivity index (χ0n) is 13.9. The van der Waals surface area contributed by atoms with Crippen molar-refractivity contribution in [3.8, 4) is 0 Å². The summed E-state index contributed by atoms with van der Waals surface area (Å²) in [6, 6.07) is 5.18. The second kappa shape index (κ2) is 8.24. The molecule has 1 atom stereocenters. The van der Waals surface area contributed by atoms with Crippen molar-refractivity contribution in [2.75, 3.05) is 24.7 Å². The molecule has 1 saturated heterocycles. The van der Waals surface area contributed by atoms with Crippen LogP contribution in [0.3, 0.4) is 0 Å². The molecule has 2 rings (SSSR count). The first-order chi connectivity index (χ1) is 11.8. The Labute approximate surface area is 146 Å². The maximum atomic E-state index is 12.8. The molecule has 0 aromatic heterocycles. The first-order valence-corrected chi connectivity index (χ1v) is 9.73. The van der Waals surface area contributed by atoms with Gasteiger partial charge in [-0.1, -0.05) is 12.1 Å². The van der Waals surface area contributed by atoms with Gasteiger partial charge in [0.2, 0.25) is 0 Å². The predicted octanol–water partition coefficient (Wildman–Crippen LogP) is 1.42. The summed E-state index contributed by atoms with van der Waals surface area (Å²) in [6.45, 7) is 1.65. The van der Waals surface area contributed by atoms with Crippen LogP contribution in [0.15, 0.2) is 30.3 Å². The molecule has 0 bridgehead atoms. The topological polar surface area (TPSA) is 80.8 Å². The maximum Gasteiger partial charge on any atom is 0.331 e. The van der Waals surface area contributed by atoms with E-state index in [-0.39, 0.29) is 23.4 Å². The number of sulfone groups is 1. The number of rotatable bonds is 6. The third kappa shape index (κ3) is 5.67. The fourth-order valence-electron chi connectivity index (χ4n) is 2.66. The number of hydrogen-bond donors (Lipinski definition) is 0. The second-order valence-electron chi connectivity index (χ2n) is 5.73. The van der Waals surface area contributed by atoms with E-state index in [4.69, 9.17) is 4.74 Å². The van der Waals surface area contributed by atoms with Crippen molar-refractivity contribution in [2.24, 2.45) is 0 Å². The summed E-state index contributed by atoms with van der Waals surface area (Å²) in [5, 5.41) is 0. The summed E-state index contributed by atoms with van der Waals surface area (Å²) in [6.07, 6.45) is 3.00. The zero-order valence-corrected chi connectivity index (χ0v) is 14.7. The lowest BCUT2D eigenvalue weighted by atomic mass is 10.2. The Kier molecular flexibility index (Phi) is 6.30. The fraction of sp³-hybridized carbons (Fsp3) is 0.412. The summed E-state index contributed by atoms with van der Waals surface area (Å²) in [5.74, 6) is -1.48. The van der Waals surface area contributed by atoms with Crippen LogP contribution in [0.1, 0.15) is 18.9 Å². The number of likely N-dealkylation sites (N-methyl/N-ethyl adjacent to an activating group) is 1. The van der Waals surface area contributed by atoms with Crippen LogP contribution in [-0.4, -0.2) is 55.9 Å². The van der Waals surface area contributed by atoms with Crippen molar-refractivity contribution < 1.29 is 27.1 Å². The van der Waals surface area contributed by atoms with E-state index in [1.165, 1.54) is 35.2 Å². The van der Waals surface area contributed by atoms with Gasteiger partial charge in [-0.15, -0.1) is 0 Å². The predicted molar refractivity (Wildman–Crippen MR) is 90.8 cm³/mol. The molecular weight excluding hydrogens is 349 g/mol. The van der Waals surface area contributed by atoms with E-state index in [1.807, 2.05) is 0 Å². The van der Waals surface area contributed by atoms with Gasteiger partial charge in [0, 0.05) is 18.7 Å². The summed E-state index contributed by atoms with van der Waals surface area (Å²) in [7, 11) is -3.10. The molecule has 0 saturated carbocycles. The number of hydrogen-bond acceptors (Lipinski definition) is 5. The Morgan fingerprint density at radius 1 is 1.32 bits per heavy atom. The number of amides is 1. The van der Waals surface area contributed by atoms with Crippen molar-refractivity contribution >= 4 is 27.8 Å². The highest BCUT2D eigenvalue weighted by Gasteiger charge is 2.34. The number of halogens is 1. The molecule has 0 unspecified atom stereocenters. The molecule has 8 heteroatoms. The molecule has 1 heterocycles. The van der Waals surface area contributed by atoms with E-state index in [2.05, 4.69) is 0 Å². The molecular formula is C17H20FNO5S. The van der Waals surface area contributed by atoms with Crippen LogP contribution in [0.4, 0.5) is 4.39 Å². The van der Waals surface area contributed by atoms with Crippen molar-refractivity contribution in [1.29, 1.82) is 0 Å². The van der Waals surface area contributed by atoms with Crippen LogP contribution in [-0.2, 0) is 24.2 Å². The largest absolute Gasteiger partial charge is 0.452 e. The highest BCUT2D eigenvalue weighted by Crippen LogP contribution is 2.17. The van der Waals surface area contributed by atoms with E-state index in [9.17, 15) is 22.4 Å². The molecule has 1 aliphatic rings. The minimum absolute atomic E-state index is 0.0506. The fourth-order valence-corrected chi connectivity index (χ4v) is 4.39. The number of ether oxygens (including phenoxy) is 1. The Morgan fingerprint density at radius 2 is 2.00 bits per heavy atom. The zero-order chi connectivity index (χ0) is 18.4. The van der Waals surface area contributed by atoms with Crippen LogP contribution in [0.5, 0.6) is 0 Å². The van der Waals surface area contributed by atoms with Gasteiger partial charge in [-0.3, -0.25) is 4.79 Å². The molecule has 25 heavy (non-hydrogen) atoms. The molecule has 0 spiro atoms. The van der Waals surface area contributed by atoms with Crippen LogP contribution in [0.2, 0.25) is 0 Å². The van der Waals surface area contributed by atoms with Crippen molar-refractivity contribution in [3.63, 3.8) is 0 Å². The van der Waals surface area contributed by atoms with Gasteiger partial charge in [0.15, 0.2) is 16.4 Å². The van der Waals surface area contributed by atoms with E-state index < -0.39 is 28.3 Å². The van der Waals surface area contributed by atoms with Gasteiger partial charge in [0.05, 0.1) is 11.5 Å². The summed E-state index contributed by atoms with van der Waals surface area (Å²) in [5.41, 5.74) is 0.621. The van der Waals surface area contributed by atoms with Crippen LogP contribution in [0, 0.1) is 5.82 Å². The van der Waals surface area contributed by atoms with Crippen LogP contribution < -0.4 is 0 Å². The van der Waals surface area contributed by atoms with E-state index in [0.29, 0.717) is 18.5 Å². The van der Waals surface area contributed by atoms with Gasteiger partial charge in [-0.25, -0.2) is 17.6 Å². The lowest BCUT2D eigenvalue weighted by molar-refractivity contribution is -0.149. The standard InChI is InChI=1S/C17H20FNO5S/c1-2-19(15-9-10-25(22,23)12-15)16(20)11-24-17(21)8-5-13-3-6-14(18)7-4-13/h3-8,15H,2,9-12H2,1H3/b8-5+/t15-/m0/s1. The van der Waals surface area contributed by atoms with Gasteiger partial charge in [-0.2, -0.15) is 0 Å². The van der Waals surface area contributed by atoms with E-state index in [0.717, 1.165) is 6.08 Å². The average molecular weight is 369 g/mol. The Bertz CT molecular complexity index is 758. The lowest BCUT2D eigenvalue weighted by Gasteiger charge is -2.26. The van der Waals surface area contributed by atoms with Gasteiger partial charge in [0.25, 0.3) is 5.91 Å². The van der Waals surface area contributed by atoms with Gasteiger partial charge < -0.3 is 9.64 Å². The summed E-state index contributed by atoms with van der Waals surface area (Å²) in [4.78, 5) is 25.3. The minimum atomic E-state index is -3.10. The van der Waals surface area contributed by atoms with E-state index in [1.54, 1.807) is 6.92 Å².